The highest BCUT2D eigenvalue weighted by molar-refractivity contribution is 5.74. The Morgan fingerprint density at radius 3 is 3.00 bits per heavy atom. The van der Waals surface area contributed by atoms with Gasteiger partial charge in [-0.15, -0.1) is 0 Å². The van der Waals surface area contributed by atoms with E-state index < -0.39 is 12.0 Å². The predicted molar refractivity (Wildman–Crippen MR) is 80.2 cm³/mol. The lowest BCUT2D eigenvalue weighted by atomic mass is 9.92. The van der Waals surface area contributed by atoms with Gasteiger partial charge in [0, 0.05) is 31.5 Å². The highest BCUT2D eigenvalue weighted by atomic mass is 16.5. The molecule has 0 spiro atoms. The van der Waals surface area contributed by atoms with E-state index in [0.29, 0.717) is 18.9 Å². The fourth-order valence-corrected chi connectivity index (χ4v) is 4.19. The lowest BCUT2D eigenvalue weighted by Crippen LogP contribution is -2.44. The van der Waals surface area contributed by atoms with Crippen molar-refractivity contribution in [3.63, 3.8) is 0 Å². The minimum absolute atomic E-state index is 0.0937. The maximum atomic E-state index is 11.6. The van der Waals surface area contributed by atoms with E-state index in [1.807, 2.05) is 18.2 Å². The van der Waals surface area contributed by atoms with E-state index in [1.165, 1.54) is 5.56 Å². The predicted octanol–water partition coefficient (Wildman–Crippen LogP) is 1.87. The van der Waals surface area contributed by atoms with Crippen molar-refractivity contribution >= 4 is 5.97 Å². The summed E-state index contributed by atoms with van der Waals surface area (Å²) in [4.78, 5) is 13.8. The molecule has 5 nitrogen and oxygen atoms in total. The van der Waals surface area contributed by atoms with E-state index >= 15 is 0 Å². The first-order valence-corrected chi connectivity index (χ1v) is 8.06. The standard InChI is InChI=1S/C17H21NO4/c19-17(20)14-9-16-13(6-8-22-16)18(14)10-11-5-7-21-15-4-2-1-3-12(11)15/h1-4,11,13-14,16H,5-10H2,(H,19,20)/t11?,13-,14?,16-/m0/s1. The number of hydrogen-bond donors (Lipinski definition) is 1. The lowest BCUT2D eigenvalue weighted by Gasteiger charge is -2.33. The second-order valence-corrected chi connectivity index (χ2v) is 6.42. The smallest absolute Gasteiger partial charge is 0.321 e. The van der Waals surface area contributed by atoms with Crippen molar-refractivity contribution < 1.29 is 19.4 Å². The fourth-order valence-electron chi connectivity index (χ4n) is 4.19. The molecule has 2 saturated heterocycles. The van der Waals surface area contributed by atoms with Gasteiger partial charge in [-0.3, -0.25) is 9.69 Å². The summed E-state index contributed by atoms with van der Waals surface area (Å²) in [6, 6.07) is 7.97. The van der Waals surface area contributed by atoms with Gasteiger partial charge in [0.25, 0.3) is 0 Å². The normalized spacial score (nSPS) is 34.0. The van der Waals surface area contributed by atoms with Crippen LogP contribution in [0.3, 0.4) is 0 Å². The molecule has 1 N–H and O–H groups in total. The highest BCUT2D eigenvalue weighted by Crippen LogP contribution is 2.39. The third-order valence-electron chi connectivity index (χ3n) is 5.26. The van der Waals surface area contributed by atoms with E-state index in [0.717, 1.165) is 31.7 Å². The quantitative estimate of drug-likeness (QED) is 0.924. The molecule has 118 valence electrons. The third-order valence-corrected chi connectivity index (χ3v) is 5.26. The molecule has 2 fully saturated rings. The number of para-hydroxylation sites is 1. The van der Waals surface area contributed by atoms with Crippen LogP contribution in [0.1, 0.15) is 30.7 Å². The first-order valence-electron chi connectivity index (χ1n) is 8.06. The van der Waals surface area contributed by atoms with Gasteiger partial charge in [-0.1, -0.05) is 18.2 Å². The van der Waals surface area contributed by atoms with E-state index in [9.17, 15) is 9.90 Å². The number of ether oxygens (including phenoxy) is 2. The Morgan fingerprint density at radius 2 is 2.14 bits per heavy atom. The van der Waals surface area contributed by atoms with Crippen molar-refractivity contribution in [2.45, 2.75) is 43.4 Å². The Kier molecular flexibility index (Phi) is 3.54. The number of carboxylic acids is 1. The molecule has 0 saturated carbocycles. The summed E-state index contributed by atoms with van der Waals surface area (Å²) >= 11 is 0. The molecule has 0 radical (unpaired) electrons. The van der Waals surface area contributed by atoms with Crippen LogP contribution in [0.15, 0.2) is 24.3 Å². The fraction of sp³-hybridized carbons (Fsp3) is 0.588. The molecule has 4 atom stereocenters. The SMILES string of the molecule is O=C(O)C1C[C@@H]2OCC[C@@H]2N1CC1CCOc2ccccc21. The summed E-state index contributed by atoms with van der Waals surface area (Å²) < 4.78 is 11.4. The Morgan fingerprint density at radius 1 is 1.27 bits per heavy atom. The molecule has 1 aromatic carbocycles. The van der Waals surface area contributed by atoms with Gasteiger partial charge in [0.15, 0.2) is 0 Å². The van der Waals surface area contributed by atoms with Crippen LogP contribution in [-0.4, -0.2) is 53.9 Å². The van der Waals surface area contributed by atoms with Gasteiger partial charge in [0.05, 0.1) is 12.7 Å². The monoisotopic (exact) mass is 303 g/mol. The van der Waals surface area contributed by atoms with Crippen LogP contribution in [0.4, 0.5) is 0 Å². The van der Waals surface area contributed by atoms with Crippen LogP contribution < -0.4 is 4.74 Å². The zero-order valence-corrected chi connectivity index (χ0v) is 12.5. The van der Waals surface area contributed by atoms with Crippen LogP contribution in [0.2, 0.25) is 0 Å². The molecule has 2 unspecified atom stereocenters. The van der Waals surface area contributed by atoms with Gasteiger partial charge in [-0.25, -0.2) is 0 Å². The minimum atomic E-state index is -0.724. The van der Waals surface area contributed by atoms with Crippen LogP contribution in [0, 0.1) is 0 Å². The zero-order valence-electron chi connectivity index (χ0n) is 12.5. The third kappa shape index (κ3) is 2.29. The summed E-state index contributed by atoms with van der Waals surface area (Å²) in [5.41, 5.74) is 1.21. The molecule has 3 aliphatic rings. The van der Waals surface area contributed by atoms with Gasteiger partial charge < -0.3 is 14.6 Å². The van der Waals surface area contributed by atoms with E-state index in [-0.39, 0.29) is 12.1 Å². The number of rotatable bonds is 3. The van der Waals surface area contributed by atoms with Crippen molar-refractivity contribution in [3.8, 4) is 5.75 Å². The molecule has 0 aliphatic carbocycles. The molecule has 4 rings (SSSR count). The van der Waals surface area contributed by atoms with Gasteiger partial charge in [-0.2, -0.15) is 0 Å². The molecular formula is C17H21NO4. The van der Waals surface area contributed by atoms with Crippen LogP contribution in [0.25, 0.3) is 0 Å². The van der Waals surface area contributed by atoms with Crippen molar-refractivity contribution in [2.24, 2.45) is 0 Å². The van der Waals surface area contributed by atoms with E-state index in [1.54, 1.807) is 0 Å². The first kappa shape index (κ1) is 14.0. The molecule has 3 heterocycles. The zero-order chi connectivity index (χ0) is 15.1. The van der Waals surface area contributed by atoms with E-state index in [4.69, 9.17) is 9.47 Å². The highest BCUT2D eigenvalue weighted by Gasteiger charge is 2.48. The number of fused-ring (bicyclic) bond motifs is 2. The van der Waals surface area contributed by atoms with Crippen LogP contribution >= 0.6 is 0 Å². The van der Waals surface area contributed by atoms with E-state index in [2.05, 4.69) is 11.0 Å². The molecule has 1 aromatic rings. The number of carboxylic acid groups (broad SMARTS) is 1. The second-order valence-electron chi connectivity index (χ2n) is 6.42. The van der Waals surface area contributed by atoms with Crippen molar-refractivity contribution in [2.75, 3.05) is 19.8 Å². The van der Waals surface area contributed by atoms with Gasteiger partial charge in [0.2, 0.25) is 0 Å². The average molecular weight is 303 g/mol. The largest absolute Gasteiger partial charge is 0.493 e. The van der Waals surface area contributed by atoms with Crippen molar-refractivity contribution in [3.05, 3.63) is 29.8 Å². The summed E-state index contributed by atoms with van der Waals surface area (Å²) in [5, 5.41) is 9.54. The summed E-state index contributed by atoms with van der Waals surface area (Å²) in [7, 11) is 0. The maximum Gasteiger partial charge on any atom is 0.321 e. The number of likely N-dealkylation sites (tertiary alicyclic amines) is 1. The summed E-state index contributed by atoms with van der Waals surface area (Å²) in [5.74, 6) is 0.563. The Balaban J connectivity index is 1.58. The number of hydrogen-bond acceptors (Lipinski definition) is 4. The van der Waals surface area contributed by atoms with Crippen LogP contribution in [0.5, 0.6) is 5.75 Å². The van der Waals surface area contributed by atoms with Crippen LogP contribution in [-0.2, 0) is 9.53 Å². The molecule has 22 heavy (non-hydrogen) atoms. The maximum absolute atomic E-state index is 11.6. The Labute approximate surface area is 129 Å². The van der Waals surface area contributed by atoms with Gasteiger partial charge in [-0.05, 0) is 24.5 Å². The molecule has 5 heteroatoms. The molecular weight excluding hydrogens is 282 g/mol. The molecule has 3 aliphatic heterocycles. The summed E-state index contributed by atoms with van der Waals surface area (Å²) in [6.45, 7) is 2.24. The Hall–Kier alpha value is -1.59. The number of aliphatic carboxylic acids is 1. The number of nitrogens with zero attached hydrogens (tertiary/aromatic N) is 1. The number of carbonyl (C=O) groups is 1. The van der Waals surface area contributed by atoms with Crippen molar-refractivity contribution in [1.82, 2.24) is 4.90 Å². The topological polar surface area (TPSA) is 59.0 Å². The molecule has 0 amide bonds. The second kappa shape index (κ2) is 5.56. The summed E-state index contributed by atoms with van der Waals surface area (Å²) in [6.07, 6.45) is 2.60. The van der Waals surface area contributed by atoms with Gasteiger partial charge >= 0.3 is 5.97 Å². The van der Waals surface area contributed by atoms with Crippen molar-refractivity contribution in [1.29, 1.82) is 0 Å². The first-order chi connectivity index (χ1) is 10.7. The average Bonchev–Trinajstić information content (AvgIpc) is 3.10. The number of benzene rings is 1. The molecule has 0 bridgehead atoms. The Bertz CT molecular complexity index is 576. The minimum Gasteiger partial charge on any atom is -0.493 e. The molecule has 0 aromatic heterocycles. The lowest BCUT2D eigenvalue weighted by molar-refractivity contribution is -0.142. The van der Waals surface area contributed by atoms with Gasteiger partial charge in [0.1, 0.15) is 11.8 Å².